The summed E-state index contributed by atoms with van der Waals surface area (Å²) in [5.41, 5.74) is 0.0525. The third-order valence-electron chi connectivity index (χ3n) is 2.51. The molecule has 2 rings (SSSR count). The Hall–Kier alpha value is -2.72. The summed E-state index contributed by atoms with van der Waals surface area (Å²) in [6.45, 7) is 6.96. The number of nitrogens with zero attached hydrogens (tertiary/aromatic N) is 2. The molecule has 0 N–H and O–H groups in total. The SMILES string of the molecule is [C-]#[N+]c1c(F)cccc1-c1cccc(F)c1C#N. The summed E-state index contributed by atoms with van der Waals surface area (Å²) >= 11 is 0. The fraction of sp³-hybridized carbons (Fsp3) is 0. The number of halogens is 2. The Morgan fingerprint density at radius 3 is 2.22 bits per heavy atom. The molecule has 0 atom stereocenters. The van der Waals surface area contributed by atoms with Crippen LogP contribution in [0.2, 0.25) is 0 Å². The van der Waals surface area contributed by atoms with Crippen molar-refractivity contribution in [2.24, 2.45) is 0 Å². The van der Waals surface area contributed by atoms with Crippen LogP contribution >= 0.6 is 0 Å². The van der Waals surface area contributed by atoms with Gasteiger partial charge in [0.15, 0.2) is 0 Å². The third-order valence-corrected chi connectivity index (χ3v) is 2.51. The van der Waals surface area contributed by atoms with Crippen molar-refractivity contribution in [2.45, 2.75) is 0 Å². The van der Waals surface area contributed by atoms with Gasteiger partial charge in [-0.05, 0) is 23.3 Å². The minimum absolute atomic E-state index is 0.187. The van der Waals surface area contributed by atoms with Crippen molar-refractivity contribution in [3.05, 3.63) is 65.0 Å². The lowest BCUT2D eigenvalue weighted by atomic mass is 9.98. The molecule has 86 valence electrons. The molecule has 0 fully saturated rings. The lowest BCUT2D eigenvalue weighted by molar-refractivity contribution is 0.624. The average molecular weight is 240 g/mol. The number of nitriles is 1. The van der Waals surface area contributed by atoms with E-state index in [1.807, 2.05) is 0 Å². The highest BCUT2D eigenvalue weighted by Crippen LogP contribution is 2.35. The summed E-state index contributed by atoms with van der Waals surface area (Å²) in [7, 11) is 0. The number of para-hydroxylation sites is 1. The number of benzene rings is 2. The van der Waals surface area contributed by atoms with E-state index in [9.17, 15) is 8.78 Å². The molecule has 0 saturated heterocycles. The average Bonchev–Trinajstić information content (AvgIpc) is 2.38. The lowest BCUT2D eigenvalue weighted by Crippen LogP contribution is -1.90. The highest BCUT2D eigenvalue weighted by molar-refractivity contribution is 5.82. The number of hydrogen-bond donors (Lipinski definition) is 0. The molecule has 0 aliphatic rings. The Labute approximate surface area is 103 Å². The molecule has 0 bridgehead atoms. The zero-order valence-electron chi connectivity index (χ0n) is 9.11. The van der Waals surface area contributed by atoms with Gasteiger partial charge in [0.05, 0.1) is 12.1 Å². The van der Waals surface area contributed by atoms with E-state index >= 15 is 0 Å². The van der Waals surface area contributed by atoms with Crippen molar-refractivity contribution >= 4 is 5.69 Å². The predicted octanol–water partition coefficient (Wildman–Crippen LogP) is 4.05. The summed E-state index contributed by atoms with van der Waals surface area (Å²) in [6, 6.07) is 9.87. The van der Waals surface area contributed by atoms with Crippen LogP contribution in [0.5, 0.6) is 0 Å². The topological polar surface area (TPSA) is 28.1 Å². The molecule has 2 aromatic rings. The van der Waals surface area contributed by atoms with Gasteiger partial charge in [-0.3, -0.25) is 0 Å². The molecular weight excluding hydrogens is 234 g/mol. The van der Waals surface area contributed by atoms with E-state index in [0.29, 0.717) is 0 Å². The Bertz CT molecular complexity index is 632. The van der Waals surface area contributed by atoms with Gasteiger partial charge in [0.2, 0.25) is 5.69 Å². The van der Waals surface area contributed by atoms with Crippen LogP contribution in [0.15, 0.2) is 36.4 Å². The molecule has 0 spiro atoms. The summed E-state index contributed by atoms with van der Waals surface area (Å²) < 4.78 is 27.0. The Kier molecular flexibility index (Phi) is 3.03. The third kappa shape index (κ3) is 1.81. The highest BCUT2D eigenvalue weighted by atomic mass is 19.1. The van der Waals surface area contributed by atoms with Gasteiger partial charge in [-0.1, -0.05) is 24.3 Å². The van der Waals surface area contributed by atoms with Crippen molar-refractivity contribution in [1.82, 2.24) is 0 Å². The molecule has 4 heteroatoms. The Morgan fingerprint density at radius 2 is 1.61 bits per heavy atom. The number of rotatable bonds is 1. The monoisotopic (exact) mass is 240 g/mol. The first-order valence-electron chi connectivity index (χ1n) is 5.04. The molecule has 0 aliphatic heterocycles. The van der Waals surface area contributed by atoms with Crippen LogP contribution in [0.25, 0.3) is 16.0 Å². The van der Waals surface area contributed by atoms with Crippen molar-refractivity contribution in [2.75, 3.05) is 0 Å². The van der Waals surface area contributed by atoms with Crippen LogP contribution in [0.1, 0.15) is 5.56 Å². The van der Waals surface area contributed by atoms with E-state index in [0.717, 1.165) is 12.1 Å². The lowest BCUT2D eigenvalue weighted by Gasteiger charge is -2.07. The largest absolute Gasteiger partial charge is 0.234 e. The predicted molar refractivity (Wildman–Crippen MR) is 62.8 cm³/mol. The van der Waals surface area contributed by atoms with Crippen LogP contribution in [0, 0.1) is 29.5 Å². The zero-order valence-corrected chi connectivity index (χ0v) is 9.11. The molecule has 0 aromatic heterocycles. The van der Waals surface area contributed by atoms with Crippen molar-refractivity contribution in [3.8, 4) is 17.2 Å². The maximum Gasteiger partial charge on any atom is 0.229 e. The van der Waals surface area contributed by atoms with Gasteiger partial charge in [0.25, 0.3) is 0 Å². The van der Waals surface area contributed by atoms with Crippen LogP contribution in [-0.4, -0.2) is 0 Å². The maximum absolute atomic E-state index is 13.5. The molecule has 2 aromatic carbocycles. The quantitative estimate of drug-likeness (QED) is 0.691. The molecule has 0 unspecified atom stereocenters. The van der Waals surface area contributed by atoms with Gasteiger partial charge in [-0.15, -0.1) is 0 Å². The van der Waals surface area contributed by atoms with Crippen LogP contribution in [0.3, 0.4) is 0 Å². The maximum atomic E-state index is 13.5. The van der Waals surface area contributed by atoms with Crippen molar-refractivity contribution < 1.29 is 8.78 Å². The van der Waals surface area contributed by atoms with E-state index in [4.69, 9.17) is 11.8 Å². The fourth-order valence-electron chi connectivity index (χ4n) is 1.71. The summed E-state index contributed by atoms with van der Waals surface area (Å²) in [5.74, 6) is -1.37. The molecule has 0 heterocycles. The molecular formula is C14H6F2N2. The van der Waals surface area contributed by atoms with Crippen LogP contribution in [-0.2, 0) is 0 Å². The first-order chi connectivity index (χ1) is 8.69. The van der Waals surface area contributed by atoms with Gasteiger partial charge in [-0.2, -0.15) is 5.26 Å². The fourth-order valence-corrected chi connectivity index (χ4v) is 1.71. The molecule has 0 amide bonds. The van der Waals surface area contributed by atoms with Gasteiger partial charge in [0, 0.05) is 0 Å². The Morgan fingerprint density at radius 1 is 1.00 bits per heavy atom. The van der Waals surface area contributed by atoms with Gasteiger partial charge in [0.1, 0.15) is 17.7 Å². The van der Waals surface area contributed by atoms with E-state index in [1.54, 1.807) is 6.07 Å². The van der Waals surface area contributed by atoms with E-state index < -0.39 is 11.6 Å². The Balaban J connectivity index is 2.80. The van der Waals surface area contributed by atoms with Gasteiger partial charge in [-0.25, -0.2) is 13.6 Å². The first kappa shape index (κ1) is 11.8. The molecule has 0 radical (unpaired) electrons. The normalized spacial score (nSPS) is 9.56. The molecule has 0 aliphatic carbocycles. The second-order valence-electron chi connectivity index (χ2n) is 3.52. The minimum Gasteiger partial charge on any atom is -0.234 e. The molecule has 2 nitrogen and oxygen atoms in total. The van der Waals surface area contributed by atoms with Crippen molar-refractivity contribution in [3.63, 3.8) is 0 Å². The van der Waals surface area contributed by atoms with Gasteiger partial charge < -0.3 is 0 Å². The highest BCUT2D eigenvalue weighted by Gasteiger charge is 2.15. The second kappa shape index (κ2) is 4.65. The molecule has 0 saturated carbocycles. The van der Waals surface area contributed by atoms with Crippen LogP contribution < -0.4 is 0 Å². The first-order valence-corrected chi connectivity index (χ1v) is 5.04. The van der Waals surface area contributed by atoms with E-state index in [1.165, 1.54) is 24.3 Å². The molecule has 18 heavy (non-hydrogen) atoms. The summed E-state index contributed by atoms with van der Waals surface area (Å²) in [6.07, 6.45) is 0. The summed E-state index contributed by atoms with van der Waals surface area (Å²) in [5, 5.41) is 8.93. The zero-order chi connectivity index (χ0) is 13.1. The van der Waals surface area contributed by atoms with Crippen molar-refractivity contribution in [1.29, 1.82) is 5.26 Å². The minimum atomic E-state index is -0.685. The number of hydrogen-bond acceptors (Lipinski definition) is 1. The summed E-state index contributed by atoms with van der Waals surface area (Å²) in [4.78, 5) is 3.09. The van der Waals surface area contributed by atoms with E-state index in [-0.39, 0.29) is 22.4 Å². The second-order valence-corrected chi connectivity index (χ2v) is 3.52. The standard InChI is InChI=1S/C14H6F2N2/c1-18-14-10(5-3-7-13(14)16)9-4-2-6-12(15)11(9)8-17/h2-7H. The van der Waals surface area contributed by atoms with Gasteiger partial charge >= 0.3 is 0 Å². The smallest absolute Gasteiger partial charge is 0.229 e. The van der Waals surface area contributed by atoms with Crippen LogP contribution in [0.4, 0.5) is 14.5 Å². The van der Waals surface area contributed by atoms with E-state index in [2.05, 4.69) is 4.85 Å².